The number of anilines is 1. The zero-order valence-electron chi connectivity index (χ0n) is 10.2. The Morgan fingerprint density at radius 2 is 2.20 bits per heavy atom. The Labute approximate surface area is 111 Å². The third-order valence-corrected chi connectivity index (χ3v) is 3.24. The molecule has 3 rings (SSSR count). The minimum atomic E-state index is -1.29. The van der Waals surface area contributed by atoms with Crippen molar-refractivity contribution >= 4 is 17.1 Å². The number of H-pyrrole nitrogens is 1. The largest absolute Gasteiger partial charge is 0.394 e. The summed E-state index contributed by atoms with van der Waals surface area (Å²) in [6.45, 7) is -0.447. The molecule has 1 fully saturated rings. The minimum Gasteiger partial charge on any atom is -0.394 e. The summed E-state index contributed by atoms with van der Waals surface area (Å²) < 4.78 is 6.64. The summed E-state index contributed by atoms with van der Waals surface area (Å²) in [6.07, 6.45) is -3.21. The normalized spacial score (nSPS) is 30.1. The predicted octanol–water partition coefficient (Wildman–Crippen LogP) is -2.69. The van der Waals surface area contributed by atoms with Crippen LogP contribution in [0.5, 0.6) is 0 Å². The number of ether oxygens (including phenoxy) is 1. The standard InChI is InChI=1S/C10H13N5O5/c11-10-13-7-4(8(19)14-10)12-2-15(7)9-6(18)5(17)3(1-16)20-9/h2-3,5-6,9,16-18H,1H2,(H3,11,13,14,19)/t3-,5+,6+,9?/m1/s1. The van der Waals surface area contributed by atoms with E-state index in [0.29, 0.717) is 0 Å². The molecular formula is C10H13N5O5. The molecule has 0 aliphatic carbocycles. The lowest BCUT2D eigenvalue weighted by molar-refractivity contribution is -0.0511. The fourth-order valence-corrected chi connectivity index (χ4v) is 2.24. The van der Waals surface area contributed by atoms with Crippen molar-refractivity contribution in [3.8, 4) is 0 Å². The van der Waals surface area contributed by atoms with Crippen LogP contribution in [0.25, 0.3) is 11.2 Å². The van der Waals surface area contributed by atoms with E-state index in [1.54, 1.807) is 0 Å². The number of aromatic amines is 1. The highest BCUT2D eigenvalue weighted by molar-refractivity contribution is 5.70. The number of rotatable bonds is 2. The summed E-state index contributed by atoms with van der Waals surface area (Å²) in [5.74, 6) is -0.101. The lowest BCUT2D eigenvalue weighted by atomic mass is 10.1. The Bertz CT molecular complexity index is 697. The lowest BCUT2D eigenvalue weighted by Gasteiger charge is -2.16. The number of aliphatic hydroxyl groups excluding tert-OH is 3. The van der Waals surface area contributed by atoms with Crippen molar-refractivity contribution < 1.29 is 20.1 Å². The van der Waals surface area contributed by atoms with Gasteiger partial charge in [0.1, 0.15) is 18.3 Å². The monoisotopic (exact) mass is 283 g/mol. The van der Waals surface area contributed by atoms with Crippen molar-refractivity contribution in [2.24, 2.45) is 0 Å². The molecular weight excluding hydrogens is 270 g/mol. The van der Waals surface area contributed by atoms with Crippen molar-refractivity contribution in [3.05, 3.63) is 16.7 Å². The molecule has 2 aromatic rings. The third kappa shape index (κ3) is 1.78. The van der Waals surface area contributed by atoms with Crippen molar-refractivity contribution in [2.75, 3.05) is 12.3 Å². The molecule has 0 amide bonds. The van der Waals surface area contributed by atoms with Crippen LogP contribution in [0.1, 0.15) is 6.23 Å². The fourth-order valence-electron chi connectivity index (χ4n) is 2.24. The van der Waals surface area contributed by atoms with Crippen molar-refractivity contribution in [3.63, 3.8) is 0 Å². The summed E-state index contributed by atoms with van der Waals surface area (Å²) in [5.41, 5.74) is 5.12. The van der Waals surface area contributed by atoms with E-state index in [1.807, 2.05) is 0 Å². The van der Waals surface area contributed by atoms with E-state index in [2.05, 4.69) is 15.0 Å². The Kier molecular flexibility index (Phi) is 2.94. The molecule has 1 unspecified atom stereocenters. The van der Waals surface area contributed by atoms with Gasteiger partial charge in [0.05, 0.1) is 12.9 Å². The molecule has 0 aromatic carbocycles. The van der Waals surface area contributed by atoms with Crippen LogP contribution in [0.15, 0.2) is 11.1 Å². The molecule has 2 aromatic heterocycles. The van der Waals surface area contributed by atoms with Gasteiger partial charge in [0.2, 0.25) is 5.95 Å². The van der Waals surface area contributed by atoms with Crippen LogP contribution in [-0.2, 0) is 4.74 Å². The average molecular weight is 283 g/mol. The number of imidazole rings is 1. The number of aromatic nitrogens is 4. The summed E-state index contributed by atoms with van der Waals surface area (Å²) in [7, 11) is 0. The number of nitrogen functional groups attached to an aromatic ring is 1. The summed E-state index contributed by atoms with van der Waals surface area (Å²) in [5, 5.41) is 28.7. The Balaban J connectivity index is 2.09. The van der Waals surface area contributed by atoms with E-state index < -0.39 is 36.7 Å². The molecule has 20 heavy (non-hydrogen) atoms. The number of nitrogens with zero attached hydrogens (tertiary/aromatic N) is 3. The zero-order chi connectivity index (χ0) is 14.4. The molecule has 0 spiro atoms. The molecule has 0 bridgehead atoms. The topological polar surface area (TPSA) is 160 Å². The van der Waals surface area contributed by atoms with Gasteiger partial charge in [-0.2, -0.15) is 4.98 Å². The first-order chi connectivity index (χ1) is 9.52. The highest BCUT2D eigenvalue weighted by Crippen LogP contribution is 2.30. The second kappa shape index (κ2) is 4.52. The number of hydrogen-bond donors (Lipinski definition) is 5. The van der Waals surface area contributed by atoms with Crippen LogP contribution in [0.3, 0.4) is 0 Å². The van der Waals surface area contributed by atoms with Crippen LogP contribution in [0, 0.1) is 0 Å². The van der Waals surface area contributed by atoms with E-state index >= 15 is 0 Å². The van der Waals surface area contributed by atoms with Gasteiger partial charge in [0.15, 0.2) is 17.4 Å². The number of nitrogens with one attached hydrogen (secondary N) is 1. The van der Waals surface area contributed by atoms with Gasteiger partial charge >= 0.3 is 0 Å². The van der Waals surface area contributed by atoms with Gasteiger partial charge in [-0.1, -0.05) is 0 Å². The van der Waals surface area contributed by atoms with E-state index in [0.717, 1.165) is 0 Å². The number of aliphatic hydroxyl groups is 3. The molecule has 0 saturated carbocycles. The lowest BCUT2D eigenvalue weighted by Crippen LogP contribution is -2.33. The Morgan fingerprint density at radius 1 is 1.45 bits per heavy atom. The van der Waals surface area contributed by atoms with E-state index in [-0.39, 0.29) is 17.1 Å². The fraction of sp³-hybridized carbons (Fsp3) is 0.500. The van der Waals surface area contributed by atoms with Gasteiger partial charge in [0, 0.05) is 0 Å². The highest BCUT2D eigenvalue weighted by Gasteiger charge is 2.44. The summed E-state index contributed by atoms with van der Waals surface area (Å²) >= 11 is 0. The zero-order valence-corrected chi connectivity index (χ0v) is 10.2. The maximum atomic E-state index is 11.7. The predicted molar refractivity (Wildman–Crippen MR) is 65.6 cm³/mol. The third-order valence-electron chi connectivity index (χ3n) is 3.24. The molecule has 0 radical (unpaired) electrons. The van der Waals surface area contributed by atoms with Gasteiger partial charge in [-0.05, 0) is 0 Å². The highest BCUT2D eigenvalue weighted by atomic mass is 16.6. The van der Waals surface area contributed by atoms with Crippen LogP contribution in [0.2, 0.25) is 0 Å². The smallest absolute Gasteiger partial charge is 0.280 e. The Morgan fingerprint density at radius 3 is 2.85 bits per heavy atom. The summed E-state index contributed by atoms with van der Waals surface area (Å²) in [6, 6.07) is 0. The van der Waals surface area contributed by atoms with Crippen LogP contribution >= 0.6 is 0 Å². The quantitative estimate of drug-likeness (QED) is 0.398. The maximum Gasteiger partial charge on any atom is 0.280 e. The average Bonchev–Trinajstić information content (AvgIpc) is 2.93. The van der Waals surface area contributed by atoms with Crippen LogP contribution in [0.4, 0.5) is 5.95 Å². The van der Waals surface area contributed by atoms with Gasteiger partial charge in [0.25, 0.3) is 5.56 Å². The maximum absolute atomic E-state index is 11.7. The molecule has 1 saturated heterocycles. The molecule has 3 heterocycles. The first-order valence-corrected chi connectivity index (χ1v) is 5.87. The van der Waals surface area contributed by atoms with E-state index in [4.69, 9.17) is 15.6 Å². The molecule has 1 aliphatic heterocycles. The van der Waals surface area contributed by atoms with E-state index in [9.17, 15) is 15.0 Å². The number of hydrogen-bond acceptors (Lipinski definition) is 8. The van der Waals surface area contributed by atoms with E-state index in [1.165, 1.54) is 10.9 Å². The van der Waals surface area contributed by atoms with Gasteiger partial charge in [-0.25, -0.2) is 4.98 Å². The molecule has 6 N–H and O–H groups in total. The van der Waals surface area contributed by atoms with Crippen LogP contribution < -0.4 is 11.3 Å². The first kappa shape index (κ1) is 13.0. The second-order valence-electron chi connectivity index (χ2n) is 4.50. The minimum absolute atomic E-state index is 0.0388. The van der Waals surface area contributed by atoms with Gasteiger partial charge in [-0.3, -0.25) is 14.3 Å². The molecule has 108 valence electrons. The van der Waals surface area contributed by atoms with Crippen LogP contribution in [-0.4, -0.2) is 59.8 Å². The number of nitrogens with two attached hydrogens (primary N) is 1. The molecule has 4 atom stereocenters. The molecule has 10 nitrogen and oxygen atoms in total. The van der Waals surface area contributed by atoms with Crippen molar-refractivity contribution in [1.82, 2.24) is 19.5 Å². The first-order valence-electron chi connectivity index (χ1n) is 5.87. The van der Waals surface area contributed by atoms with Crippen molar-refractivity contribution in [1.29, 1.82) is 0 Å². The number of fused-ring (bicyclic) bond motifs is 1. The van der Waals surface area contributed by atoms with Gasteiger partial charge < -0.3 is 25.8 Å². The SMILES string of the molecule is Nc1nc2c(ncn2C2O[C@H](CO)[C@H](O)[C@@H]2O)c(=O)[nH]1. The van der Waals surface area contributed by atoms with Crippen molar-refractivity contribution in [2.45, 2.75) is 24.5 Å². The summed E-state index contributed by atoms with van der Waals surface area (Å²) in [4.78, 5) is 21.8. The Hall–Kier alpha value is -2.01. The van der Waals surface area contributed by atoms with Gasteiger partial charge in [-0.15, -0.1) is 0 Å². The second-order valence-corrected chi connectivity index (χ2v) is 4.50. The molecule has 10 heteroatoms. The molecule has 1 aliphatic rings.